The molecular weight excluding hydrogens is 236 g/mol. The highest BCUT2D eigenvalue weighted by molar-refractivity contribution is 6.31. The maximum atomic E-state index is 6.07. The number of hydrogen-bond acceptors (Lipinski definition) is 3. The van der Waals surface area contributed by atoms with E-state index in [0.29, 0.717) is 6.04 Å². The van der Waals surface area contributed by atoms with Crippen LogP contribution in [0.15, 0.2) is 18.5 Å². The Balaban J connectivity index is 1.88. The van der Waals surface area contributed by atoms with Crippen molar-refractivity contribution in [3.8, 4) is 0 Å². The first kappa shape index (κ1) is 12.8. The quantitative estimate of drug-likeness (QED) is 0.901. The van der Waals surface area contributed by atoms with E-state index in [1.54, 1.807) is 12.4 Å². The zero-order valence-corrected chi connectivity index (χ0v) is 11.1. The van der Waals surface area contributed by atoms with E-state index in [-0.39, 0.29) is 5.60 Å². The van der Waals surface area contributed by atoms with Gasteiger partial charge in [-0.1, -0.05) is 11.6 Å². The van der Waals surface area contributed by atoms with Gasteiger partial charge in [-0.2, -0.15) is 0 Å². The Labute approximate surface area is 108 Å². The van der Waals surface area contributed by atoms with Crippen LogP contribution in [0.25, 0.3) is 0 Å². The summed E-state index contributed by atoms with van der Waals surface area (Å²) in [7, 11) is 0. The molecule has 1 N–H and O–H groups in total. The number of hydrogen-bond donors (Lipinski definition) is 1. The molecule has 1 aliphatic heterocycles. The molecule has 1 aromatic rings. The minimum Gasteiger partial charge on any atom is -0.375 e. The first-order valence-corrected chi connectivity index (χ1v) is 6.40. The third-order valence-corrected chi connectivity index (χ3v) is 3.48. The molecule has 1 saturated heterocycles. The van der Waals surface area contributed by atoms with Gasteiger partial charge in [-0.3, -0.25) is 4.98 Å². The molecule has 0 aliphatic carbocycles. The highest BCUT2D eigenvalue weighted by atomic mass is 35.5. The topological polar surface area (TPSA) is 34.2 Å². The molecular formula is C13H19ClN2O. The van der Waals surface area contributed by atoms with Gasteiger partial charge in [0.05, 0.1) is 10.6 Å². The third kappa shape index (κ3) is 3.66. The van der Waals surface area contributed by atoms with E-state index in [1.807, 2.05) is 6.07 Å². The minimum atomic E-state index is -0.0159. The van der Waals surface area contributed by atoms with Crippen molar-refractivity contribution in [3.63, 3.8) is 0 Å². The van der Waals surface area contributed by atoms with Gasteiger partial charge in [0.25, 0.3) is 0 Å². The molecule has 17 heavy (non-hydrogen) atoms. The van der Waals surface area contributed by atoms with Crippen LogP contribution in [-0.4, -0.2) is 23.2 Å². The van der Waals surface area contributed by atoms with E-state index in [4.69, 9.17) is 16.3 Å². The van der Waals surface area contributed by atoms with Gasteiger partial charge in [0.1, 0.15) is 0 Å². The van der Waals surface area contributed by atoms with Gasteiger partial charge in [-0.05, 0) is 38.3 Å². The van der Waals surface area contributed by atoms with Crippen LogP contribution >= 0.6 is 11.6 Å². The molecule has 0 saturated carbocycles. The lowest BCUT2D eigenvalue weighted by Crippen LogP contribution is -2.43. The summed E-state index contributed by atoms with van der Waals surface area (Å²) in [5, 5.41) is 4.27. The number of nitrogens with one attached hydrogen (secondary N) is 1. The summed E-state index contributed by atoms with van der Waals surface area (Å²) in [6.07, 6.45) is 5.56. The second-order valence-corrected chi connectivity index (χ2v) is 5.55. The Bertz CT molecular complexity index is 381. The lowest BCUT2D eigenvalue weighted by atomic mass is 9.94. The Morgan fingerprint density at radius 2 is 2.41 bits per heavy atom. The lowest BCUT2D eigenvalue weighted by molar-refractivity contribution is -0.0630. The molecule has 0 spiro atoms. The SMILES string of the molecule is CC1(C)CC(NCc2ccncc2Cl)CCO1. The highest BCUT2D eigenvalue weighted by Gasteiger charge is 2.28. The molecule has 3 nitrogen and oxygen atoms in total. The molecule has 1 fully saturated rings. The number of halogens is 1. The summed E-state index contributed by atoms with van der Waals surface area (Å²) >= 11 is 6.07. The fourth-order valence-electron chi connectivity index (χ4n) is 2.21. The van der Waals surface area contributed by atoms with Crippen molar-refractivity contribution in [3.05, 3.63) is 29.0 Å². The highest BCUT2D eigenvalue weighted by Crippen LogP contribution is 2.24. The fourth-order valence-corrected chi connectivity index (χ4v) is 2.39. The van der Waals surface area contributed by atoms with Crippen molar-refractivity contribution in [2.45, 2.75) is 44.9 Å². The van der Waals surface area contributed by atoms with Crippen molar-refractivity contribution in [2.24, 2.45) is 0 Å². The minimum absolute atomic E-state index is 0.0159. The van der Waals surface area contributed by atoms with E-state index in [1.165, 1.54) is 0 Å². The maximum absolute atomic E-state index is 6.07. The van der Waals surface area contributed by atoms with Crippen molar-refractivity contribution < 1.29 is 4.74 Å². The molecule has 1 atom stereocenters. The van der Waals surface area contributed by atoms with Crippen molar-refractivity contribution in [1.29, 1.82) is 0 Å². The molecule has 0 amide bonds. The van der Waals surface area contributed by atoms with Crippen LogP contribution in [-0.2, 0) is 11.3 Å². The molecule has 2 rings (SSSR count). The van der Waals surface area contributed by atoms with E-state index in [2.05, 4.69) is 24.1 Å². The Kier molecular flexibility index (Phi) is 4.02. The van der Waals surface area contributed by atoms with Crippen LogP contribution in [0.5, 0.6) is 0 Å². The number of pyridine rings is 1. The lowest BCUT2D eigenvalue weighted by Gasteiger charge is -2.36. The number of rotatable bonds is 3. The van der Waals surface area contributed by atoms with Gasteiger partial charge in [0.15, 0.2) is 0 Å². The number of aromatic nitrogens is 1. The second kappa shape index (κ2) is 5.34. The smallest absolute Gasteiger partial charge is 0.0641 e. The van der Waals surface area contributed by atoms with E-state index < -0.39 is 0 Å². The second-order valence-electron chi connectivity index (χ2n) is 5.15. The van der Waals surface area contributed by atoms with E-state index in [0.717, 1.165) is 36.6 Å². The number of nitrogens with zero attached hydrogens (tertiary/aromatic N) is 1. The summed E-state index contributed by atoms with van der Waals surface area (Å²) < 4.78 is 5.70. The molecule has 94 valence electrons. The molecule has 0 bridgehead atoms. The zero-order valence-electron chi connectivity index (χ0n) is 10.4. The van der Waals surface area contributed by atoms with Crippen molar-refractivity contribution in [1.82, 2.24) is 10.3 Å². The van der Waals surface area contributed by atoms with Crippen LogP contribution in [0.1, 0.15) is 32.3 Å². The first-order valence-electron chi connectivity index (χ1n) is 6.02. The van der Waals surface area contributed by atoms with Crippen molar-refractivity contribution >= 4 is 11.6 Å². The molecule has 1 unspecified atom stereocenters. The van der Waals surface area contributed by atoms with Crippen LogP contribution < -0.4 is 5.32 Å². The summed E-state index contributed by atoms with van der Waals surface area (Å²) in [4.78, 5) is 3.98. The monoisotopic (exact) mass is 254 g/mol. The summed E-state index contributed by atoms with van der Waals surface area (Å²) in [6.45, 7) is 5.90. The molecule has 1 aliphatic rings. The van der Waals surface area contributed by atoms with Gasteiger partial charge >= 0.3 is 0 Å². The number of ether oxygens (including phenoxy) is 1. The largest absolute Gasteiger partial charge is 0.375 e. The Hall–Kier alpha value is -0.640. The maximum Gasteiger partial charge on any atom is 0.0641 e. The summed E-state index contributed by atoms with van der Waals surface area (Å²) in [6, 6.07) is 2.46. The predicted octanol–water partition coefficient (Wildman–Crippen LogP) is 2.78. The average molecular weight is 255 g/mol. The third-order valence-electron chi connectivity index (χ3n) is 3.13. The Morgan fingerprint density at radius 1 is 1.59 bits per heavy atom. The van der Waals surface area contributed by atoms with Crippen LogP contribution in [0.2, 0.25) is 5.02 Å². The predicted molar refractivity (Wildman–Crippen MR) is 69.1 cm³/mol. The van der Waals surface area contributed by atoms with Crippen LogP contribution in [0, 0.1) is 0 Å². The van der Waals surface area contributed by atoms with Crippen molar-refractivity contribution in [2.75, 3.05) is 6.61 Å². The zero-order chi connectivity index (χ0) is 12.3. The van der Waals surface area contributed by atoms with E-state index >= 15 is 0 Å². The average Bonchev–Trinajstić information content (AvgIpc) is 2.27. The standard InChI is InChI=1S/C13H19ClN2O/c1-13(2)7-11(4-6-17-13)16-8-10-3-5-15-9-12(10)14/h3,5,9,11,16H,4,6-8H2,1-2H3. The van der Waals surface area contributed by atoms with Crippen LogP contribution in [0.4, 0.5) is 0 Å². The molecule has 0 radical (unpaired) electrons. The molecule has 1 aromatic heterocycles. The van der Waals surface area contributed by atoms with E-state index in [9.17, 15) is 0 Å². The van der Waals surface area contributed by atoms with Crippen LogP contribution in [0.3, 0.4) is 0 Å². The molecule has 4 heteroatoms. The first-order chi connectivity index (χ1) is 8.07. The Morgan fingerprint density at radius 3 is 3.12 bits per heavy atom. The van der Waals surface area contributed by atoms with Gasteiger partial charge in [0, 0.05) is 31.6 Å². The summed E-state index contributed by atoms with van der Waals surface area (Å²) in [5.74, 6) is 0. The summed E-state index contributed by atoms with van der Waals surface area (Å²) in [5.41, 5.74) is 1.09. The molecule has 2 heterocycles. The van der Waals surface area contributed by atoms with Gasteiger partial charge < -0.3 is 10.1 Å². The van der Waals surface area contributed by atoms with Gasteiger partial charge in [-0.25, -0.2) is 0 Å². The fraction of sp³-hybridized carbons (Fsp3) is 0.615. The molecule has 0 aromatic carbocycles. The normalized spacial score (nSPS) is 23.6. The van der Waals surface area contributed by atoms with Gasteiger partial charge in [-0.15, -0.1) is 0 Å². The van der Waals surface area contributed by atoms with Gasteiger partial charge in [0.2, 0.25) is 0 Å².